The number of aromatic amines is 1. The van der Waals surface area contributed by atoms with Crippen molar-refractivity contribution in [2.45, 2.75) is 13.0 Å². The number of rotatable bonds is 6. The Morgan fingerprint density at radius 3 is 2.77 bits per heavy atom. The highest BCUT2D eigenvalue weighted by atomic mass is 32.2. The zero-order valence-electron chi connectivity index (χ0n) is 13.5. The van der Waals surface area contributed by atoms with Gasteiger partial charge >= 0.3 is 0 Å². The van der Waals surface area contributed by atoms with E-state index in [0.717, 1.165) is 22.5 Å². The van der Waals surface area contributed by atoms with E-state index in [1.807, 2.05) is 17.5 Å². The number of sulfonamides is 1. The maximum atomic E-state index is 12.6. The summed E-state index contributed by atoms with van der Waals surface area (Å²) in [6, 6.07) is 3.09. The van der Waals surface area contributed by atoms with Crippen molar-refractivity contribution >= 4 is 61.1 Å². The van der Waals surface area contributed by atoms with Crippen molar-refractivity contribution in [2.75, 3.05) is 16.3 Å². The number of carbonyl (C=O) groups excluding carboxylic acids is 1. The van der Waals surface area contributed by atoms with Crippen LogP contribution in [0.4, 0.5) is 10.3 Å². The zero-order valence-corrected chi connectivity index (χ0v) is 16.7. The number of H-pyrrole nitrogens is 1. The number of hydrogen-bond donors (Lipinski definition) is 3. The van der Waals surface area contributed by atoms with Crippen LogP contribution in [0.25, 0.3) is 10.7 Å². The minimum Gasteiger partial charge on any atom is -0.299 e. The molecular weight excluding hydrogens is 418 g/mol. The van der Waals surface area contributed by atoms with Gasteiger partial charge in [0.15, 0.2) is 10.6 Å². The number of aromatic nitrogens is 5. The van der Waals surface area contributed by atoms with E-state index in [1.165, 1.54) is 11.3 Å². The standard InChI is InChI=1S/C12H13N7O3S4/c1-6(19-8(14-17-12(19)23)7-4-3-5-24-7)9(20)13-10-15-16-11(25-10)18-26(2,21)22/h3-6H,1-2H3,(H,16,18)(H,17,23)(H,13,15,20). The van der Waals surface area contributed by atoms with E-state index in [-0.39, 0.29) is 16.2 Å². The Bertz CT molecular complexity index is 1080. The predicted octanol–water partition coefficient (Wildman–Crippen LogP) is 2.09. The fourth-order valence-corrected chi connectivity index (χ4v) is 4.52. The van der Waals surface area contributed by atoms with Gasteiger partial charge in [0.2, 0.25) is 26.2 Å². The fraction of sp³-hybridized carbons (Fsp3) is 0.250. The fourth-order valence-electron chi connectivity index (χ4n) is 2.04. The summed E-state index contributed by atoms with van der Waals surface area (Å²) in [5.74, 6) is 0.173. The summed E-state index contributed by atoms with van der Waals surface area (Å²) in [6.07, 6.45) is 1.00. The summed E-state index contributed by atoms with van der Waals surface area (Å²) >= 11 is 7.62. The quantitative estimate of drug-likeness (QED) is 0.509. The van der Waals surface area contributed by atoms with Crippen LogP contribution in [0.3, 0.4) is 0 Å². The molecule has 0 aliphatic carbocycles. The summed E-state index contributed by atoms with van der Waals surface area (Å²) in [5, 5.41) is 19.0. The largest absolute Gasteiger partial charge is 0.299 e. The van der Waals surface area contributed by atoms with Crippen LogP contribution in [0.2, 0.25) is 0 Å². The average molecular weight is 432 g/mol. The molecule has 3 N–H and O–H groups in total. The molecule has 0 fully saturated rings. The van der Waals surface area contributed by atoms with Crippen molar-refractivity contribution in [1.82, 2.24) is 25.0 Å². The van der Waals surface area contributed by atoms with Gasteiger partial charge in [-0.05, 0) is 30.6 Å². The molecule has 0 aliphatic rings. The maximum absolute atomic E-state index is 12.6. The number of anilines is 2. The second-order valence-electron chi connectivity index (χ2n) is 5.15. The first-order valence-electron chi connectivity index (χ1n) is 7.07. The van der Waals surface area contributed by atoms with Crippen molar-refractivity contribution in [1.29, 1.82) is 0 Å². The lowest BCUT2D eigenvalue weighted by Crippen LogP contribution is -2.24. The SMILES string of the molecule is CC(C(=O)Nc1nnc(NS(C)(=O)=O)s1)n1c(-c2cccs2)n[nH]c1=S. The first-order valence-corrected chi connectivity index (χ1v) is 11.1. The van der Waals surface area contributed by atoms with Crippen LogP contribution in [0.5, 0.6) is 0 Å². The lowest BCUT2D eigenvalue weighted by atomic mass is 10.3. The average Bonchev–Trinajstić information content (AvgIpc) is 3.26. The Balaban J connectivity index is 1.79. The van der Waals surface area contributed by atoms with Gasteiger partial charge in [-0.25, -0.2) is 8.42 Å². The molecule has 0 saturated heterocycles. The highest BCUT2D eigenvalue weighted by molar-refractivity contribution is 7.92. The summed E-state index contributed by atoms with van der Waals surface area (Å²) in [6.45, 7) is 1.68. The summed E-state index contributed by atoms with van der Waals surface area (Å²) in [7, 11) is -3.46. The van der Waals surface area contributed by atoms with Crippen LogP contribution in [0.1, 0.15) is 13.0 Å². The molecule has 3 heterocycles. The molecule has 26 heavy (non-hydrogen) atoms. The second-order valence-corrected chi connectivity index (χ2v) is 9.21. The van der Waals surface area contributed by atoms with Crippen molar-refractivity contribution in [3.05, 3.63) is 22.3 Å². The molecule has 1 atom stereocenters. The highest BCUT2D eigenvalue weighted by Gasteiger charge is 2.22. The molecule has 0 saturated carbocycles. The van der Waals surface area contributed by atoms with Crippen LogP contribution in [0, 0.1) is 4.77 Å². The molecule has 1 unspecified atom stereocenters. The lowest BCUT2D eigenvalue weighted by Gasteiger charge is -2.13. The van der Waals surface area contributed by atoms with Gasteiger partial charge in [-0.15, -0.1) is 21.5 Å². The zero-order chi connectivity index (χ0) is 18.9. The molecule has 3 aromatic rings. The lowest BCUT2D eigenvalue weighted by molar-refractivity contribution is -0.118. The van der Waals surface area contributed by atoms with Crippen LogP contribution in [0.15, 0.2) is 17.5 Å². The number of thiophene rings is 1. The van der Waals surface area contributed by atoms with Gasteiger partial charge in [-0.2, -0.15) is 5.10 Å². The van der Waals surface area contributed by atoms with E-state index in [2.05, 4.69) is 30.4 Å². The molecule has 0 bridgehead atoms. The molecule has 0 radical (unpaired) electrons. The molecule has 1 amide bonds. The molecule has 14 heteroatoms. The Kier molecular flexibility index (Phi) is 5.17. The summed E-state index contributed by atoms with van der Waals surface area (Å²) < 4.78 is 26.5. The van der Waals surface area contributed by atoms with E-state index in [4.69, 9.17) is 12.2 Å². The Morgan fingerprint density at radius 2 is 2.12 bits per heavy atom. The van der Waals surface area contributed by atoms with Gasteiger partial charge in [-0.1, -0.05) is 17.4 Å². The minimum atomic E-state index is -3.46. The van der Waals surface area contributed by atoms with E-state index < -0.39 is 16.1 Å². The minimum absolute atomic E-state index is 0.0645. The summed E-state index contributed by atoms with van der Waals surface area (Å²) in [4.78, 5) is 13.4. The van der Waals surface area contributed by atoms with E-state index in [0.29, 0.717) is 10.6 Å². The Labute approximate surface area is 161 Å². The monoisotopic (exact) mass is 431 g/mol. The van der Waals surface area contributed by atoms with Crippen molar-refractivity contribution in [3.63, 3.8) is 0 Å². The molecule has 3 rings (SSSR count). The second kappa shape index (κ2) is 7.22. The normalized spacial score (nSPS) is 12.7. The molecule has 138 valence electrons. The van der Waals surface area contributed by atoms with Gasteiger partial charge in [0.05, 0.1) is 11.1 Å². The van der Waals surface area contributed by atoms with Crippen LogP contribution >= 0.6 is 34.9 Å². The number of carbonyl (C=O) groups is 1. The van der Waals surface area contributed by atoms with E-state index >= 15 is 0 Å². The van der Waals surface area contributed by atoms with Crippen LogP contribution < -0.4 is 10.0 Å². The number of nitrogens with one attached hydrogen (secondary N) is 3. The smallest absolute Gasteiger partial charge is 0.249 e. The molecule has 10 nitrogen and oxygen atoms in total. The van der Waals surface area contributed by atoms with Gasteiger partial charge in [0.25, 0.3) is 0 Å². The van der Waals surface area contributed by atoms with Crippen molar-refractivity contribution in [2.24, 2.45) is 0 Å². The molecule has 0 aromatic carbocycles. The van der Waals surface area contributed by atoms with E-state index in [1.54, 1.807) is 11.5 Å². The summed E-state index contributed by atoms with van der Waals surface area (Å²) in [5.41, 5.74) is 0. The third-order valence-corrected chi connectivity index (χ3v) is 5.74. The number of hydrogen-bond acceptors (Lipinski definition) is 9. The van der Waals surface area contributed by atoms with Gasteiger partial charge in [-0.3, -0.25) is 24.5 Å². The molecule has 3 aromatic heterocycles. The topological polar surface area (TPSA) is 135 Å². The maximum Gasteiger partial charge on any atom is 0.249 e. The predicted molar refractivity (Wildman–Crippen MR) is 102 cm³/mol. The Morgan fingerprint density at radius 1 is 1.38 bits per heavy atom. The van der Waals surface area contributed by atoms with E-state index in [9.17, 15) is 13.2 Å². The molecule has 0 spiro atoms. The van der Waals surface area contributed by atoms with Crippen molar-refractivity contribution < 1.29 is 13.2 Å². The highest BCUT2D eigenvalue weighted by Crippen LogP contribution is 2.27. The number of amides is 1. The van der Waals surface area contributed by atoms with Crippen LogP contribution in [-0.2, 0) is 14.8 Å². The first-order chi connectivity index (χ1) is 12.2. The van der Waals surface area contributed by atoms with Gasteiger partial charge in [0, 0.05) is 0 Å². The third-order valence-electron chi connectivity index (χ3n) is 3.14. The number of nitrogens with zero attached hydrogens (tertiary/aromatic N) is 4. The van der Waals surface area contributed by atoms with Gasteiger partial charge < -0.3 is 0 Å². The third kappa shape index (κ3) is 4.14. The Hall–Kier alpha value is -2.16. The van der Waals surface area contributed by atoms with Crippen molar-refractivity contribution in [3.8, 4) is 10.7 Å². The molecule has 0 aliphatic heterocycles. The molecular formula is C12H13N7O3S4. The first kappa shape index (κ1) is 18.6. The van der Waals surface area contributed by atoms with Gasteiger partial charge in [0.1, 0.15) is 6.04 Å². The van der Waals surface area contributed by atoms with Crippen LogP contribution in [-0.4, -0.2) is 45.5 Å².